The third-order valence-corrected chi connectivity index (χ3v) is 5.37. The third kappa shape index (κ3) is 4.88. The van der Waals surface area contributed by atoms with Gasteiger partial charge < -0.3 is 19.9 Å². The number of nitrogens with one attached hydrogen (secondary N) is 1. The molecule has 29 heavy (non-hydrogen) atoms. The molecule has 154 valence electrons. The molecule has 0 spiro atoms. The summed E-state index contributed by atoms with van der Waals surface area (Å²) in [5.74, 6) is 1.04. The Morgan fingerprint density at radius 3 is 2.48 bits per heavy atom. The SMILES string of the molecule is COc1cccc(C(=O)Nc2ccc(N(C)C)c(C(=O)N3CCC(C)CC3)c2)c1. The Bertz CT molecular complexity index is 887. The van der Waals surface area contributed by atoms with Gasteiger partial charge in [-0.15, -0.1) is 0 Å². The Labute approximate surface area is 172 Å². The van der Waals surface area contributed by atoms with Gasteiger partial charge in [0.05, 0.1) is 12.7 Å². The van der Waals surface area contributed by atoms with Crippen LogP contribution in [0.5, 0.6) is 5.75 Å². The molecular formula is C23H29N3O3. The highest BCUT2D eigenvalue weighted by Gasteiger charge is 2.24. The van der Waals surface area contributed by atoms with E-state index in [4.69, 9.17) is 4.74 Å². The van der Waals surface area contributed by atoms with Crippen molar-refractivity contribution in [3.63, 3.8) is 0 Å². The van der Waals surface area contributed by atoms with Crippen LogP contribution in [0.2, 0.25) is 0 Å². The number of carbonyl (C=O) groups is 2. The maximum Gasteiger partial charge on any atom is 0.256 e. The van der Waals surface area contributed by atoms with Crippen molar-refractivity contribution >= 4 is 23.2 Å². The Morgan fingerprint density at radius 1 is 1.10 bits per heavy atom. The molecule has 6 heteroatoms. The number of carbonyl (C=O) groups excluding carboxylic acids is 2. The minimum absolute atomic E-state index is 0.0121. The zero-order valence-electron chi connectivity index (χ0n) is 17.6. The van der Waals surface area contributed by atoms with Gasteiger partial charge in [-0.25, -0.2) is 0 Å². The summed E-state index contributed by atoms with van der Waals surface area (Å²) in [6, 6.07) is 12.4. The van der Waals surface area contributed by atoms with Crippen LogP contribution < -0.4 is 15.0 Å². The van der Waals surface area contributed by atoms with E-state index in [2.05, 4.69) is 12.2 Å². The van der Waals surface area contributed by atoms with Gasteiger partial charge in [0, 0.05) is 44.1 Å². The van der Waals surface area contributed by atoms with Crippen molar-refractivity contribution in [3.8, 4) is 5.75 Å². The minimum atomic E-state index is -0.244. The van der Waals surface area contributed by atoms with Crippen molar-refractivity contribution in [3.05, 3.63) is 53.6 Å². The van der Waals surface area contributed by atoms with Gasteiger partial charge in [-0.1, -0.05) is 13.0 Å². The first-order valence-electron chi connectivity index (χ1n) is 9.95. The molecule has 6 nitrogen and oxygen atoms in total. The number of likely N-dealkylation sites (tertiary alicyclic amines) is 1. The number of piperidine rings is 1. The van der Waals surface area contributed by atoms with Crippen molar-refractivity contribution in [2.45, 2.75) is 19.8 Å². The van der Waals surface area contributed by atoms with E-state index in [1.807, 2.05) is 36.0 Å². The van der Waals surface area contributed by atoms with Crippen molar-refractivity contribution in [1.29, 1.82) is 0 Å². The van der Waals surface area contributed by atoms with E-state index in [1.54, 1.807) is 37.4 Å². The molecule has 0 radical (unpaired) electrons. The van der Waals surface area contributed by atoms with E-state index in [1.165, 1.54) is 0 Å². The van der Waals surface area contributed by atoms with Gasteiger partial charge in [0.2, 0.25) is 0 Å². The lowest BCUT2D eigenvalue weighted by Crippen LogP contribution is -2.38. The highest BCUT2D eigenvalue weighted by Crippen LogP contribution is 2.27. The quantitative estimate of drug-likeness (QED) is 0.834. The maximum atomic E-state index is 13.2. The van der Waals surface area contributed by atoms with Gasteiger partial charge in [0.15, 0.2) is 0 Å². The van der Waals surface area contributed by atoms with Gasteiger partial charge in [-0.2, -0.15) is 0 Å². The molecule has 1 saturated heterocycles. The normalized spacial score (nSPS) is 14.4. The average molecular weight is 396 g/mol. The van der Waals surface area contributed by atoms with Crippen LogP contribution in [0.25, 0.3) is 0 Å². The number of anilines is 2. The molecule has 0 atom stereocenters. The van der Waals surface area contributed by atoms with Crippen LogP contribution in [0.15, 0.2) is 42.5 Å². The van der Waals surface area contributed by atoms with Crippen LogP contribution in [0.1, 0.15) is 40.5 Å². The number of hydrogen-bond donors (Lipinski definition) is 1. The highest BCUT2D eigenvalue weighted by molar-refractivity contribution is 6.06. The van der Waals surface area contributed by atoms with Crippen LogP contribution in [0, 0.1) is 5.92 Å². The van der Waals surface area contributed by atoms with E-state index < -0.39 is 0 Å². The molecule has 1 N–H and O–H groups in total. The number of amides is 2. The van der Waals surface area contributed by atoms with E-state index in [0.717, 1.165) is 31.6 Å². The number of hydrogen-bond acceptors (Lipinski definition) is 4. The first-order valence-corrected chi connectivity index (χ1v) is 9.95. The molecule has 1 aliphatic heterocycles. The summed E-state index contributed by atoms with van der Waals surface area (Å²) >= 11 is 0. The molecule has 3 rings (SSSR count). The Kier molecular flexibility index (Phi) is 6.42. The van der Waals surface area contributed by atoms with Crippen LogP contribution >= 0.6 is 0 Å². The van der Waals surface area contributed by atoms with Crippen molar-refractivity contribution < 1.29 is 14.3 Å². The Hall–Kier alpha value is -3.02. The fraction of sp³-hybridized carbons (Fsp3) is 0.391. The van der Waals surface area contributed by atoms with E-state index >= 15 is 0 Å². The van der Waals surface area contributed by atoms with Crippen LogP contribution in [-0.2, 0) is 0 Å². The molecule has 2 aromatic carbocycles. The van der Waals surface area contributed by atoms with Crippen molar-refractivity contribution in [1.82, 2.24) is 4.90 Å². The summed E-state index contributed by atoms with van der Waals surface area (Å²) < 4.78 is 5.19. The number of methoxy groups -OCH3 is 1. The first-order chi connectivity index (χ1) is 13.9. The number of benzene rings is 2. The second kappa shape index (κ2) is 8.99. The summed E-state index contributed by atoms with van der Waals surface area (Å²) in [5.41, 5.74) is 2.54. The molecule has 0 saturated carbocycles. The van der Waals surface area contributed by atoms with Crippen molar-refractivity contribution in [2.24, 2.45) is 5.92 Å². The lowest BCUT2D eigenvalue weighted by Gasteiger charge is -2.31. The fourth-order valence-corrected chi connectivity index (χ4v) is 3.52. The molecule has 1 heterocycles. The number of rotatable bonds is 5. The van der Waals surface area contributed by atoms with Crippen molar-refractivity contribution in [2.75, 3.05) is 44.5 Å². The van der Waals surface area contributed by atoms with Crippen LogP contribution in [-0.4, -0.2) is 51.0 Å². The second-order valence-electron chi connectivity index (χ2n) is 7.79. The molecule has 1 fully saturated rings. The van der Waals surface area contributed by atoms with E-state index in [0.29, 0.717) is 28.5 Å². The largest absolute Gasteiger partial charge is 0.497 e. The summed E-state index contributed by atoms with van der Waals surface area (Å²) in [7, 11) is 5.40. The van der Waals surface area contributed by atoms with Crippen LogP contribution in [0.3, 0.4) is 0 Å². The standard InChI is InChI=1S/C23H29N3O3/c1-16-10-12-26(13-11-16)23(28)20-15-18(8-9-21(20)25(2)3)24-22(27)17-6-5-7-19(14-17)29-4/h5-9,14-16H,10-13H2,1-4H3,(H,24,27). The molecule has 0 aliphatic carbocycles. The maximum absolute atomic E-state index is 13.2. The molecule has 0 aromatic heterocycles. The summed E-state index contributed by atoms with van der Waals surface area (Å²) in [5, 5.41) is 2.90. The molecule has 0 unspecified atom stereocenters. The molecule has 1 aliphatic rings. The predicted octanol–water partition coefficient (Wildman–Crippen LogP) is 3.89. The molecular weight excluding hydrogens is 366 g/mol. The minimum Gasteiger partial charge on any atom is -0.497 e. The monoisotopic (exact) mass is 395 g/mol. The molecule has 2 amide bonds. The van der Waals surface area contributed by atoms with E-state index in [9.17, 15) is 9.59 Å². The molecule has 2 aromatic rings. The van der Waals surface area contributed by atoms with Gasteiger partial charge >= 0.3 is 0 Å². The third-order valence-electron chi connectivity index (χ3n) is 5.37. The lowest BCUT2D eigenvalue weighted by molar-refractivity contribution is 0.0697. The highest BCUT2D eigenvalue weighted by atomic mass is 16.5. The number of nitrogens with zero attached hydrogens (tertiary/aromatic N) is 2. The Balaban J connectivity index is 1.84. The first kappa shape index (κ1) is 20.7. The van der Waals surface area contributed by atoms with Crippen LogP contribution in [0.4, 0.5) is 11.4 Å². The lowest BCUT2D eigenvalue weighted by atomic mass is 9.98. The fourth-order valence-electron chi connectivity index (χ4n) is 3.52. The van der Waals surface area contributed by atoms with Gasteiger partial charge in [0.1, 0.15) is 5.75 Å². The van der Waals surface area contributed by atoms with Gasteiger partial charge in [0.25, 0.3) is 11.8 Å². The number of ether oxygens (including phenoxy) is 1. The summed E-state index contributed by atoms with van der Waals surface area (Å²) in [4.78, 5) is 29.7. The zero-order valence-corrected chi connectivity index (χ0v) is 17.6. The second-order valence-corrected chi connectivity index (χ2v) is 7.79. The Morgan fingerprint density at radius 2 is 1.83 bits per heavy atom. The molecule has 0 bridgehead atoms. The zero-order chi connectivity index (χ0) is 21.0. The summed E-state index contributed by atoms with van der Waals surface area (Å²) in [6.45, 7) is 3.77. The summed E-state index contributed by atoms with van der Waals surface area (Å²) in [6.07, 6.45) is 2.05. The van der Waals surface area contributed by atoms with Gasteiger partial charge in [-0.3, -0.25) is 9.59 Å². The average Bonchev–Trinajstić information content (AvgIpc) is 2.73. The smallest absolute Gasteiger partial charge is 0.256 e. The predicted molar refractivity (Wildman–Crippen MR) is 116 cm³/mol. The van der Waals surface area contributed by atoms with E-state index in [-0.39, 0.29) is 11.8 Å². The topological polar surface area (TPSA) is 61.9 Å². The van der Waals surface area contributed by atoms with Gasteiger partial charge in [-0.05, 0) is 55.2 Å².